The third kappa shape index (κ3) is 5.27. The van der Waals surface area contributed by atoms with E-state index in [-0.39, 0.29) is 24.2 Å². The standard InChI is InChI=1S/C29H35F2NO3/c1-3-29(2,28(33)34)26-14-13-24-23(7-4-5-8-25(24)27(26)31)20-9-11-21(12-10-20)35-22-15-18-32(19-22)17-6-16-30/h7,9-14,22H,3-6,8,15-19H2,1-2H3,(H,33,34)/t22-,29?/m0/s1. The Morgan fingerprint density at radius 3 is 2.69 bits per heavy atom. The number of hydrogen-bond donors (Lipinski definition) is 1. The molecule has 2 aliphatic rings. The van der Waals surface area contributed by atoms with Gasteiger partial charge in [-0.2, -0.15) is 0 Å². The average molecular weight is 484 g/mol. The van der Waals surface area contributed by atoms with E-state index in [2.05, 4.69) is 11.0 Å². The Morgan fingerprint density at radius 2 is 2.00 bits per heavy atom. The lowest BCUT2D eigenvalue weighted by molar-refractivity contribution is -0.143. The van der Waals surface area contributed by atoms with Crippen LogP contribution < -0.4 is 4.74 Å². The van der Waals surface area contributed by atoms with Gasteiger partial charge >= 0.3 is 5.97 Å². The first-order valence-electron chi connectivity index (χ1n) is 12.7. The molecule has 0 radical (unpaired) electrons. The van der Waals surface area contributed by atoms with Crippen molar-refractivity contribution in [2.24, 2.45) is 0 Å². The Bertz CT molecular complexity index is 1080. The number of benzene rings is 2. The van der Waals surface area contributed by atoms with Gasteiger partial charge in [-0.25, -0.2) is 4.39 Å². The molecule has 1 N–H and O–H groups in total. The summed E-state index contributed by atoms with van der Waals surface area (Å²) in [6.45, 7) is 5.60. The Hall–Kier alpha value is -2.73. The first-order valence-corrected chi connectivity index (χ1v) is 12.7. The zero-order chi connectivity index (χ0) is 25.0. The van der Waals surface area contributed by atoms with Crippen LogP contribution in [0.2, 0.25) is 0 Å². The molecule has 2 aromatic carbocycles. The van der Waals surface area contributed by atoms with Crippen molar-refractivity contribution in [2.75, 3.05) is 26.3 Å². The van der Waals surface area contributed by atoms with Crippen molar-refractivity contribution in [3.05, 3.63) is 70.5 Å². The van der Waals surface area contributed by atoms with E-state index in [1.807, 2.05) is 30.3 Å². The van der Waals surface area contributed by atoms with Gasteiger partial charge in [-0.1, -0.05) is 37.3 Å². The molecule has 1 fully saturated rings. The number of likely N-dealkylation sites (tertiary alicyclic amines) is 1. The summed E-state index contributed by atoms with van der Waals surface area (Å²) in [6.07, 6.45) is 6.29. The highest BCUT2D eigenvalue weighted by Crippen LogP contribution is 2.38. The lowest BCUT2D eigenvalue weighted by atomic mass is 9.77. The van der Waals surface area contributed by atoms with Gasteiger partial charge in [0.05, 0.1) is 12.1 Å². The molecule has 0 aromatic heterocycles. The van der Waals surface area contributed by atoms with E-state index in [4.69, 9.17) is 4.74 Å². The monoisotopic (exact) mass is 483 g/mol. The van der Waals surface area contributed by atoms with Gasteiger partial charge in [0.25, 0.3) is 0 Å². The summed E-state index contributed by atoms with van der Waals surface area (Å²) in [5.41, 5.74) is 2.40. The van der Waals surface area contributed by atoms with E-state index in [1.165, 1.54) is 0 Å². The van der Waals surface area contributed by atoms with Gasteiger partial charge in [0, 0.05) is 25.2 Å². The fourth-order valence-corrected chi connectivity index (χ4v) is 5.19. The minimum absolute atomic E-state index is 0.105. The number of fused-ring (bicyclic) bond motifs is 1. The molecule has 6 heteroatoms. The van der Waals surface area contributed by atoms with Crippen molar-refractivity contribution < 1.29 is 23.4 Å². The zero-order valence-electron chi connectivity index (χ0n) is 20.7. The quantitative estimate of drug-likeness (QED) is 0.464. The average Bonchev–Trinajstić information content (AvgIpc) is 3.18. The van der Waals surface area contributed by atoms with Crippen molar-refractivity contribution >= 4 is 11.5 Å². The number of aliphatic carboxylic acids is 1. The first-order chi connectivity index (χ1) is 16.9. The van der Waals surface area contributed by atoms with E-state index >= 15 is 4.39 Å². The van der Waals surface area contributed by atoms with Crippen LogP contribution in [0.1, 0.15) is 68.2 Å². The number of carbonyl (C=O) groups is 1. The number of halogens is 2. The van der Waals surface area contributed by atoms with Crippen LogP contribution in [0, 0.1) is 5.82 Å². The van der Waals surface area contributed by atoms with E-state index in [1.54, 1.807) is 19.9 Å². The molecule has 35 heavy (non-hydrogen) atoms. The summed E-state index contributed by atoms with van der Waals surface area (Å²) in [5, 5.41) is 9.77. The molecule has 4 nitrogen and oxygen atoms in total. The summed E-state index contributed by atoms with van der Waals surface area (Å²) in [4.78, 5) is 14.2. The second-order valence-electron chi connectivity index (χ2n) is 9.85. The fraction of sp³-hybridized carbons (Fsp3) is 0.483. The molecule has 0 bridgehead atoms. The lowest BCUT2D eigenvalue weighted by Gasteiger charge is -2.26. The van der Waals surface area contributed by atoms with Crippen LogP contribution >= 0.6 is 0 Å². The molecule has 2 atom stereocenters. The Morgan fingerprint density at radius 1 is 1.23 bits per heavy atom. The summed E-state index contributed by atoms with van der Waals surface area (Å²) < 4.78 is 34.3. The third-order valence-electron chi connectivity index (χ3n) is 7.59. The van der Waals surface area contributed by atoms with Crippen molar-refractivity contribution in [1.82, 2.24) is 4.90 Å². The third-order valence-corrected chi connectivity index (χ3v) is 7.59. The number of carboxylic acid groups (broad SMARTS) is 1. The SMILES string of the molecule is CCC(C)(C(=O)O)c1ccc2c(c1F)CCCC=C2c1ccc(O[C@H]2CCN(CCCF)C2)cc1. The normalized spacial score (nSPS) is 20.0. The van der Waals surface area contributed by atoms with Crippen LogP contribution in [0.4, 0.5) is 8.78 Å². The molecule has 1 aliphatic heterocycles. The first kappa shape index (κ1) is 25.4. The van der Waals surface area contributed by atoms with Gasteiger partial charge in [0.1, 0.15) is 17.7 Å². The van der Waals surface area contributed by atoms with Gasteiger partial charge in [0.2, 0.25) is 0 Å². The second kappa shape index (κ2) is 10.9. The Kier molecular flexibility index (Phi) is 7.90. The topological polar surface area (TPSA) is 49.8 Å². The molecule has 0 spiro atoms. The van der Waals surface area contributed by atoms with Gasteiger partial charge in [0.15, 0.2) is 0 Å². The lowest BCUT2D eigenvalue weighted by Crippen LogP contribution is -2.33. The number of nitrogens with zero attached hydrogens (tertiary/aromatic N) is 1. The Labute approximate surface area is 206 Å². The summed E-state index contributed by atoms with van der Waals surface area (Å²) in [5.74, 6) is -0.602. The predicted molar refractivity (Wildman–Crippen MR) is 134 cm³/mol. The molecular formula is C29H35F2NO3. The van der Waals surface area contributed by atoms with Crippen LogP contribution in [0.5, 0.6) is 5.75 Å². The maximum Gasteiger partial charge on any atom is 0.313 e. The van der Waals surface area contributed by atoms with Crippen LogP contribution in [0.15, 0.2) is 42.5 Å². The van der Waals surface area contributed by atoms with Gasteiger partial charge in [-0.05, 0) is 79.8 Å². The number of allylic oxidation sites excluding steroid dienone is 1. The minimum Gasteiger partial charge on any atom is -0.489 e. The largest absolute Gasteiger partial charge is 0.489 e. The van der Waals surface area contributed by atoms with Crippen molar-refractivity contribution in [1.29, 1.82) is 0 Å². The second-order valence-corrected chi connectivity index (χ2v) is 9.85. The molecule has 188 valence electrons. The molecule has 1 saturated heterocycles. The number of ether oxygens (including phenoxy) is 1. The van der Waals surface area contributed by atoms with Crippen LogP contribution in [0.25, 0.3) is 5.57 Å². The van der Waals surface area contributed by atoms with E-state index < -0.39 is 11.4 Å². The van der Waals surface area contributed by atoms with Crippen molar-refractivity contribution in [3.63, 3.8) is 0 Å². The van der Waals surface area contributed by atoms with Gasteiger partial charge < -0.3 is 9.84 Å². The number of rotatable bonds is 9. The fourth-order valence-electron chi connectivity index (χ4n) is 5.19. The molecule has 4 rings (SSSR count). The Balaban J connectivity index is 1.55. The number of alkyl halides is 1. The highest BCUT2D eigenvalue weighted by Gasteiger charge is 2.37. The maximum absolute atomic E-state index is 15.7. The molecule has 1 unspecified atom stereocenters. The summed E-state index contributed by atoms with van der Waals surface area (Å²) >= 11 is 0. The smallest absolute Gasteiger partial charge is 0.313 e. The highest BCUT2D eigenvalue weighted by molar-refractivity contribution is 5.84. The predicted octanol–water partition coefficient (Wildman–Crippen LogP) is 6.16. The van der Waals surface area contributed by atoms with Crippen molar-refractivity contribution in [3.8, 4) is 5.75 Å². The zero-order valence-corrected chi connectivity index (χ0v) is 20.7. The molecular weight excluding hydrogens is 448 g/mol. The summed E-state index contributed by atoms with van der Waals surface area (Å²) in [7, 11) is 0. The van der Waals surface area contributed by atoms with Gasteiger partial charge in [-0.3, -0.25) is 14.1 Å². The van der Waals surface area contributed by atoms with Crippen molar-refractivity contribution in [2.45, 2.75) is 63.9 Å². The van der Waals surface area contributed by atoms with Crippen LogP contribution in [-0.2, 0) is 16.6 Å². The summed E-state index contributed by atoms with van der Waals surface area (Å²) in [6, 6.07) is 11.5. The molecule has 2 aromatic rings. The van der Waals surface area contributed by atoms with E-state index in [0.29, 0.717) is 24.8 Å². The van der Waals surface area contributed by atoms with Crippen LogP contribution in [-0.4, -0.2) is 48.4 Å². The highest BCUT2D eigenvalue weighted by atomic mass is 19.1. The van der Waals surface area contributed by atoms with Gasteiger partial charge in [-0.15, -0.1) is 0 Å². The molecule has 0 amide bonds. The maximum atomic E-state index is 15.7. The molecule has 1 aliphatic carbocycles. The molecule has 0 saturated carbocycles. The minimum atomic E-state index is -1.25. The van der Waals surface area contributed by atoms with E-state index in [0.717, 1.165) is 61.3 Å². The number of hydrogen-bond acceptors (Lipinski definition) is 3. The number of carboxylic acids is 1. The van der Waals surface area contributed by atoms with E-state index in [9.17, 15) is 14.3 Å². The van der Waals surface area contributed by atoms with Crippen LogP contribution in [0.3, 0.4) is 0 Å². The molecule has 1 heterocycles.